The van der Waals surface area contributed by atoms with E-state index in [0.717, 1.165) is 0 Å². The lowest BCUT2D eigenvalue weighted by Gasteiger charge is -2.14. The normalized spacial score (nSPS) is 13.0. The van der Waals surface area contributed by atoms with Crippen molar-refractivity contribution in [3.05, 3.63) is 77.1 Å². The molecule has 2 atom stereocenters. The molecule has 1 aromatic heterocycles. The van der Waals surface area contributed by atoms with Gasteiger partial charge in [0, 0.05) is 10.5 Å². The van der Waals surface area contributed by atoms with Crippen molar-refractivity contribution in [3.8, 4) is 0 Å². The van der Waals surface area contributed by atoms with E-state index in [1.54, 1.807) is 0 Å². The maximum Gasteiger partial charge on any atom is 0.239 e. The van der Waals surface area contributed by atoms with Gasteiger partial charge in [-0.1, -0.05) is 60.7 Å². The van der Waals surface area contributed by atoms with Gasteiger partial charge in [0.25, 0.3) is 0 Å². The summed E-state index contributed by atoms with van der Waals surface area (Å²) in [6.45, 7) is 4.23. The summed E-state index contributed by atoms with van der Waals surface area (Å²) in [5.41, 5.74) is 2.45. The summed E-state index contributed by atoms with van der Waals surface area (Å²) in [5.74, 6) is 0.858. The Kier molecular flexibility index (Phi) is 7.20. The number of anilines is 2. The maximum atomic E-state index is 6.05. The van der Waals surface area contributed by atoms with Crippen molar-refractivity contribution in [3.63, 3.8) is 0 Å². The molecule has 140 valence electrons. The van der Waals surface area contributed by atoms with E-state index in [1.165, 1.54) is 35.0 Å². The number of rotatable bonds is 8. The monoisotopic (exact) mass is 417 g/mol. The fraction of sp³-hybridized carbons (Fsp3) is 0.211. The molecule has 27 heavy (non-hydrogen) atoms. The summed E-state index contributed by atoms with van der Waals surface area (Å²) in [6.07, 6.45) is 0. The van der Waals surface area contributed by atoms with E-state index in [0.29, 0.717) is 11.9 Å². The first-order chi connectivity index (χ1) is 13.1. The highest BCUT2D eigenvalue weighted by atomic mass is 35.5. The molecule has 2 aromatic carbocycles. The smallest absolute Gasteiger partial charge is 0.239 e. The predicted octanol–water partition coefficient (Wildman–Crippen LogP) is 6.17. The molecule has 0 bridgehead atoms. The number of hydrogen-bond donors (Lipinski definition) is 2. The molecule has 0 aliphatic rings. The Morgan fingerprint density at radius 2 is 1.11 bits per heavy atom. The molecule has 0 fully saturated rings. The molecule has 1 heterocycles. The molecule has 2 unspecified atom stereocenters. The van der Waals surface area contributed by atoms with Crippen LogP contribution < -0.4 is 9.44 Å². The Morgan fingerprint density at radius 3 is 1.52 bits per heavy atom. The average Bonchev–Trinajstić information content (AvgIpc) is 2.71. The molecule has 0 aliphatic carbocycles. The summed E-state index contributed by atoms with van der Waals surface area (Å²) in [5, 5.41) is 0.632. The molecular formula is C19H20ClN5S2. The minimum atomic E-state index is 0.149. The van der Waals surface area contributed by atoms with E-state index in [2.05, 4.69) is 62.5 Å². The van der Waals surface area contributed by atoms with Crippen LogP contribution in [0.4, 0.5) is 11.9 Å². The molecular weight excluding hydrogens is 398 g/mol. The van der Waals surface area contributed by atoms with Crippen LogP contribution in [-0.2, 0) is 0 Å². The van der Waals surface area contributed by atoms with Crippen LogP contribution in [0.2, 0.25) is 5.28 Å². The molecule has 8 heteroatoms. The third-order valence-corrected chi connectivity index (χ3v) is 5.82. The van der Waals surface area contributed by atoms with E-state index in [-0.39, 0.29) is 15.8 Å². The van der Waals surface area contributed by atoms with Crippen LogP contribution in [0.15, 0.2) is 60.7 Å². The largest absolute Gasteiger partial charge is 0.298 e. The van der Waals surface area contributed by atoms with Gasteiger partial charge in [-0.2, -0.15) is 15.0 Å². The number of halogens is 1. The second-order valence-electron chi connectivity index (χ2n) is 5.80. The van der Waals surface area contributed by atoms with Crippen molar-refractivity contribution in [1.82, 2.24) is 15.0 Å². The molecule has 0 radical (unpaired) electrons. The highest BCUT2D eigenvalue weighted by molar-refractivity contribution is 8.01. The molecule has 0 aliphatic heterocycles. The first kappa shape index (κ1) is 19.8. The van der Waals surface area contributed by atoms with E-state index in [9.17, 15) is 0 Å². The van der Waals surface area contributed by atoms with Crippen LogP contribution in [0.1, 0.15) is 35.5 Å². The number of aromatic nitrogens is 3. The lowest BCUT2D eigenvalue weighted by molar-refractivity contribution is 1.06. The van der Waals surface area contributed by atoms with Gasteiger partial charge in [0.1, 0.15) is 0 Å². The third-order valence-electron chi connectivity index (χ3n) is 3.80. The first-order valence-electron chi connectivity index (χ1n) is 8.46. The molecule has 0 saturated carbocycles. The molecule has 0 amide bonds. The summed E-state index contributed by atoms with van der Waals surface area (Å²) in [7, 11) is 0. The number of nitrogens with zero attached hydrogens (tertiary/aromatic N) is 3. The van der Waals surface area contributed by atoms with Gasteiger partial charge >= 0.3 is 0 Å². The molecule has 5 nitrogen and oxygen atoms in total. The maximum absolute atomic E-state index is 6.05. The fourth-order valence-corrected chi connectivity index (χ4v) is 3.80. The Hall–Kier alpha value is -1.96. The number of benzene rings is 2. The van der Waals surface area contributed by atoms with Crippen LogP contribution in [0.3, 0.4) is 0 Å². The fourth-order valence-electron chi connectivity index (χ4n) is 2.31. The minimum absolute atomic E-state index is 0.149. The minimum Gasteiger partial charge on any atom is -0.298 e. The van der Waals surface area contributed by atoms with E-state index in [1.807, 2.05) is 36.4 Å². The van der Waals surface area contributed by atoms with Gasteiger partial charge in [-0.3, -0.25) is 9.44 Å². The van der Waals surface area contributed by atoms with Crippen molar-refractivity contribution in [1.29, 1.82) is 0 Å². The lowest BCUT2D eigenvalue weighted by atomic mass is 10.2. The van der Waals surface area contributed by atoms with Crippen LogP contribution in [-0.4, -0.2) is 15.0 Å². The first-order valence-corrected chi connectivity index (χ1v) is 10.6. The van der Waals surface area contributed by atoms with Gasteiger partial charge in [-0.05, 0) is 60.5 Å². The quantitative estimate of drug-likeness (QED) is 0.425. The zero-order valence-corrected chi connectivity index (χ0v) is 17.4. The zero-order valence-electron chi connectivity index (χ0n) is 15.0. The summed E-state index contributed by atoms with van der Waals surface area (Å²) < 4.78 is 6.33. The SMILES string of the molecule is CC(SNc1nc(Cl)nc(NSC(C)c2ccccc2)n1)c1ccccc1. The summed E-state index contributed by atoms with van der Waals surface area (Å²) >= 11 is 9.10. The molecule has 3 aromatic rings. The van der Waals surface area contributed by atoms with Gasteiger partial charge in [-0.25, -0.2) is 0 Å². The molecule has 0 spiro atoms. The van der Waals surface area contributed by atoms with Gasteiger partial charge in [0.2, 0.25) is 17.2 Å². The number of nitrogens with one attached hydrogen (secondary N) is 2. The second-order valence-corrected chi connectivity index (χ2v) is 8.43. The highest BCUT2D eigenvalue weighted by Crippen LogP contribution is 2.30. The molecule has 2 N–H and O–H groups in total. The van der Waals surface area contributed by atoms with Crippen LogP contribution in [0.25, 0.3) is 0 Å². The Bertz CT molecular complexity index is 783. The molecule has 3 rings (SSSR count). The van der Waals surface area contributed by atoms with E-state index in [4.69, 9.17) is 11.6 Å². The Morgan fingerprint density at radius 1 is 0.704 bits per heavy atom. The number of hydrogen-bond acceptors (Lipinski definition) is 7. The van der Waals surface area contributed by atoms with Gasteiger partial charge in [0.15, 0.2) is 0 Å². The summed E-state index contributed by atoms with van der Waals surface area (Å²) in [6, 6.07) is 20.5. The van der Waals surface area contributed by atoms with Gasteiger partial charge < -0.3 is 0 Å². The van der Waals surface area contributed by atoms with Crippen molar-refractivity contribution >= 4 is 47.4 Å². The topological polar surface area (TPSA) is 62.7 Å². The van der Waals surface area contributed by atoms with E-state index >= 15 is 0 Å². The van der Waals surface area contributed by atoms with Crippen molar-refractivity contribution in [2.45, 2.75) is 24.3 Å². The Balaban J connectivity index is 1.59. The second kappa shape index (κ2) is 9.82. The lowest BCUT2D eigenvalue weighted by Crippen LogP contribution is -2.04. The van der Waals surface area contributed by atoms with Crippen LogP contribution in [0.5, 0.6) is 0 Å². The standard InChI is InChI=1S/C19H20ClN5S2/c1-13(15-9-5-3-6-10-15)26-24-18-21-17(20)22-19(23-18)25-27-14(2)16-11-7-4-8-12-16/h3-14H,1-2H3,(H2,21,22,23,24,25). The summed E-state index contributed by atoms with van der Waals surface area (Å²) in [4.78, 5) is 12.7. The Labute approximate surface area is 173 Å². The van der Waals surface area contributed by atoms with Gasteiger partial charge in [-0.15, -0.1) is 0 Å². The third kappa shape index (κ3) is 6.02. The van der Waals surface area contributed by atoms with Crippen molar-refractivity contribution < 1.29 is 0 Å². The zero-order chi connectivity index (χ0) is 19.1. The average molecular weight is 418 g/mol. The van der Waals surface area contributed by atoms with Crippen LogP contribution >= 0.6 is 35.5 Å². The highest BCUT2D eigenvalue weighted by Gasteiger charge is 2.11. The van der Waals surface area contributed by atoms with Crippen molar-refractivity contribution in [2.75, 3.05) is 9.44 Å². The van der Waals surface area contributed by atoms with Crippen LogP contribution in [0, 0.1) is 0 Å². The predicted molar refractivity (Wildman–Crippen MR) is 117 cm³/mol. The molecule has 0 saturated heterocycles. The van der Waals surface area contributed by atoms with Gasteiger partial charge in [0.05, 0.1) is 0 Å². The van der Waals surface area contributed by atoms with Crippen molar-refractivity contribution in [2.24, 2.45) is 0 Å². The van der Waals surface area contributed by atoms with E-state index < -0.39 is 0 Å².